The highest BCUT2D eigenvalue weighted by molar-refractivity contribution is 5.46. The summed E-state index contributed by atoms with van der Waals surface area (Å²) < 4.78 is 0. The summed E-state index contributed by atoms with van der Waals surface area (Å²) in [5.41, 5.74) is 1.94. The van der Waals surface area contributed by atoms with Crippen molar-refractivity contribution in [3.63, 3.8) is 0 Å². The third kappa shape index (κ3) is 2.26. The lowest BCUT2D eigenvalue weighted by molar-refractivity contribution is 1.26. The van der Waals surface area contributed by atoms with Crippen LogP contribution >= 0.6 is 0 Å². The van der Waals surface area contributed by atoms with Gasteiger partial charge in [-0.05, 0) is 30.2 Å². The molecule has 2 heteroatoms. The van der Waals surface area contributed by atoms with Gasteiger partial charge in [0.15, 0.2) is 0 Å². The van der Waals surface area contributed by atoms with Crippen molar-refractivity contribution in [3.05, 3.63) is 65.5 Å². The van der Waals surface area contributed by atoms with E-state index < -0.39 is 0 Å². The highest BCUT2D eigenvalue weighted by atomic mass is 14.7. The summed E-state index contributed by atoms with van der Waals surface area (Å²) in [6.07, 6.45) is 1.63. The van der Waals surface area contributed by atoms with Crippen molar-refractivity contribution < 1.29 is 0 Å². The van der Waals surface area contributed by atoms with Crippen LogP contribution in [0.15, 0.2) is 48.7 Å². The van der Waals surface area contributed by atoms with Gasteiger partial charge in [0.05, 0.1) is 5.56 Å². The molecule has 16 heavy (non-hydrogen) atoms. The van der Waals surface area contributed by atoms with Crippen molar-refractivity contribution in [2.75, 3.05) is 0 Å². The van der Waals surface area contributed by atoms with E-state index in [1.165, 1.54) is 0 Å². The van der Waals surface area contributed by atoms with Crippen LogP contribution in [0.2, 0.25) is 0 Å². The molecule has 2 rings (SSSR count). The summed E-state index contributed by atoms with van der Waals surface area (Å²) in [6, 6.07) is 15.1. The van der Waals surface area contributed by atoms with E-state index in [-0.39, 0.29) is 0 Å². The fraction of sp³-hybridized carbons (Fsp3) is 0. The first kappa shape index (κ1) is 9.96. The van der Waals surface area contributed by atoms with E-state index in [0.717, 1.165) is 5.56 Å². The third-order valence-electron chi connectivity index (χ3n) is 2.03. The number of nitriles is 1. The lowest BCUT2D eigenvalue weighted by Gasteiger charge is -1.91. The van der Waals surface area contributed by atoms with Crippen LogP contribution in [0.3, 0.4) is 0 Å². The Morgan fingerprint density at radius 2 is 1.75 bits per heavy atom. The van der Waals surface area contributed by atoms with E-state index in [9.17, 15) is 0 Å². The van der Waals surface area contributed by atoms with E-state index in [0.29, 0.717) is 11.3 Å². The zero-order chi connectivity index (χ0) is 11.2. The Morgan fingerprint density at radius 1 is 0.938 bits per heavy atom. The molecule has 0 bridgehead atoms. The predicted octanol–water partition coefficient (Wildman–Crippen LogP) is 2.35. The second-order valence-electron chi connectivity index (χ2n) is 3.13. The molecule has 0 spiro atoms. The standard InChI is InChI=1S/C14H8N2/c15-11-13-7-4-10-16-14(13)9-8-12-5-2-1-3-6-12/h1-7,10H. The molecule has 0 aliphatic carbocycles. The van der Waals surface area contributed by atoms with Gasteiger partial charge in [-0.1, -0.05) is 24.1 Å². The molecule has 74 valence electrons. The summed E-state index contributed by atoms with van der Waals surface area (Å²) in [7, 11) is 0. The molecule has 0 saturated heterocycles. The van der Waals surface area contributed by atoms with Crippen LogP contribution in [0, 0.1) is 23.2 Å². The van der Waals surface area contributed by atoms with Crippen molar-refractivity contribution in [1.82, 2.24) is 4.98 Å². The number of nitrogens with zero attached hydrogens (tertiary/aromatic N) is 2. The molecule has 1 aromatic carbocycles. The van der Waals surface area contributed by atoms with Gasteiger partial charge in [-0.3, -0.25) is 0 Å². The minimum absolute atomic E-state index is 0.505. The van der Waals surface area contributed by atoms with Gasteiger partial charge in [-0.15, -0.1) is 0 Å². The van der Waals surface area contributed by atoms with Crippen LogP contribution in [0.1, 0.15) is 16.8 Å². The van der Waals surface area contributed by atoms with Gasteiger partial charge in [0.2, 0.25) is 0 Å². The number of benzene rings is 1. The average molecular weight is 204 g/mol. The number of hydrogen-bond acceptors (Lipinski definition) is 2. The van der Waals surface area contributed by atoms with Crippen molar-refractivity contribution in [2.24, 2.45) is 0 Å². The minimum atomic E-state index is 0.505. The van der Waals surface area contributed by atoms with Gasteiger partial charge < -0.3 is 0 Å². The van der Waals surface area contributed by atoms with Crippen LogP contribution in [0.5, 0.6) is 0 Å². The maximum absolute atomic E-state index is 8.86. The fourth-order valence-electron chi connectivity index (χ4n) is 1.25. The molecule has 1 aromatic heterocycles. The van der Waals surface area contributed by atoms with Gasteiger partial charge in [-0.2, -0.15) is 5.26 Å². The van der Waals surface area contributed by atoms with Gasteiger partial charge >= 0.3 is 0 Å². The van der Waals surface area contributed by atoms with Crippen LogP contribution in [-0.4, -0.2) is 4.98 Å². The smallest absolute Gasteiger partial charge is 0.131 e. The lowest BCUT2D eigenvalue weighted by Crippen LogP contribution is -1.87. The van der Waals surface area contributed by atoms with Crippen molar-refractivity contribution in [2.45, 2.75) is 0 Å². The van der Waals surface area contributed by atoms with Crippen LogP contribution in [-0.2, 0) is 0 Å². The monoisotopic (exact) mass is 204 g/mol. The molecule has 0 fully saturated rings. The summed E-state index contributed by atoms with van der Waals surface area (Å²) in [5, 5.41) is 8.86. The van der Waals surface area contributed by atoms with E-state index in [1.54, 1.807) is 18.3 Å². The Labute approximate surface area is 94.2 Å². The molecule has 0 N–H and O–H groups in total. The first-order valence-electron chi connectivity index (χ1n) is 4.82. The van der Waals surface area contributed by atoms with E-state index in [1.807, 2.05) is 30.3 Å². The number of aromatic nitrogens is 1. The first-order valence-corrected chi connectivity index (χ1v) is 4.82. The Bertz CT molecular complexity index is 583. The topological polar surface area (TPSA) is 36.7 Å². The molecule has 0 amide bonds. The maximum atomic E-state index is 8.86. The maximum Gasteiger partial charge on any atom is 0.131 e. The molecule has 0 saturated carbocycles. The van der Waals surface area contributed by atoms with Gasteiger partial charge in [0.25, 0.3) is 0 Å². The Hall–Kier alpha value is -2.58. The normalized spacial score (nSPS) is 8.69. The SMILES string of the molecule is N#Cc1cccnc1C#Cc1ccccc1. The molecule has 1 heterocycles. The molecule has 0 atom stereocenters. The lowest BCUT2D eigenvalue weighted by atomic mass is 10.2. The van der Waals surface area contributed by atoms with Gasteiger partial charge in [-0.25, -0.2) is 4.98 Å². The quantitative estimate of drug-likeness (QED) is 0.617. The molecule has 2 aromatic rings. The number of pyridine rings is 1. The third-order valence-corrected chi connectivity index (χ3v) is 2.03. The minimum Gasteiger partial charge on any atom is -0.246 e. The number of hydrogen-bond donors (Lipinski definition) is 0. The number of rotatable bonds is 0. The zero-order valence-corrected chi connectivity index (χ0v) is 8.51. The zero-order valence-electron chi connectivity index (χ0n) is 8.51. The van der Waals surface area contributed by atoms with E-state index in [4.69, 9.17) is 5.26 Å². The highest BCUT2D eigenvalue weighted by Gasteiger charge is 1.96. The molecule has 2 nitrogen and oxygen atoms in total. The fourth-order valence-corrected chi connectivity index (χ4v) is 1.25. The van der Waals surface area contributed by atoms with Crippen LogP contribution in [0.4, 0.5) is 0 Å². The summed E-state index contributed by atoms with van der Waals surface area (Å²) in [6.45, 7) is 0. The molecule has 0 aliphatic rings. The molecule has 0 unspecified atom stereocenters. The van der Waals surface area contributed by atoms with Crippen molar-refractivity contribution in [3.8, 4) is 17.9 Å². The van der Waals surface area contributed by atoms with Crippen molar-refractivity contribution in [1.29, 1.82) is 5.26 Å². The van der Waals surface area contributed by atoms with Gasteiger partial charge in [0, 0.05) is 11.8 Å². The summed E-state index contributed by atoms with van der Waals surface area (Å²) >= 11 is 0. The van der Waals surface area contributed by atoms with E-state index in [2.05, 4.69) is 22.9 Å². The second kappa shape index (κ2) is 4.77. The predicted molar refractivity (Wildman–Crippen MR) is 61.4 cm³/mol. The van der Waals surface area contributed by atoms with E-state index >= 15 is 0 Å². The Kier molecular flexibility index (Phi) is 2.97. The first-order chi connectivity index (χ1) is 7.90. The molecular formula is C14H8N2. The Morgan fingerprint density at radius 3 is 2.50 bits per heavy atom. The average Bonchev–Trinajstić information content (AvgIpc) is 2.38. The van der Waals surface area contributed by atoms with Gasteiger partial charge in [0.1, 0.15) is 11.8 Å². The molecule has 0 radical (unpaired) electrons. The molecule has 0 aliphatic heterocycles. The summed E-state index contributed by atoms with van der Waals surface area (Å²) in [5.74, 6) is 5.87. The molecular weight excluding hydrogens is 196 g/mol. The second-order valence-corrected chi connectivity index (χ2v) is 3.13. The Balaban J connectivity index is 2.36. The van der Waals surface area contributed by atoms with Crippen LogP contribution in [0.25, 0.3) is 0 Å². The largest absolute Gasteiger partial charge is 0.246 e. The van der Waals surface area contributed by atoms with Crippen molar-refractivity contribution >= 4 is 0 Å². The van der Waals surface area contributed by atoms with Crippen LogP contribution < -0.4 is 0 Å². The summed E-state index contributed by atoms with van der Waals surface area (Å²) in [4.78, 5) is 4.07. The highest BCUT2D eigenvalue weighted by Crippen LogP contribution is 2.02.